The van der Waals surface area contributed by atoms with Crippen LogP contribution in [0.4, 0.5) is 8.78 Å². The summed E-state index contributed by atoms with van der Waals surface area (Å²) in [6.07, 6.45) is 0.625. The summed E-state index contributed by atoms with van der Waals surface area (Å²) in [5.41, 5.74) is -3.62. The number of halogens is 2. The molecule has 0 unspecified atom stereocenters. The molecule has 0 bridgehead atoms. The van der Waals surface area contributed by atoms with Crippen molar-refractivity contribution in [1.29, 1.82) is 0 Å². The molecule has 0 aliphatic rings. The summed E-state index contributed by atoms with van der Waals surface area (Å²) < 4.78 is 41.4. The molecule has 61 heavy (non-hydrogen) atoms. The van der Waals surface area contributed by atoms with Gasteiger partial charge in [-0.2, -0.15) is 11.3 Å². The molecule has 0 saturated carbocycles. The van der Waals surface area contributed by atoms with Gasteiger partial charge in [0.15, 0.2) is 0 Å². The number of hydrogen-bond acceptors (Lipinski definition) is 13. The standard InChI is InChI=1S/2C14H9FN2O4.C12H8N2O4S/c15-9-3-1-2-7(5-9)4-8-6-10(18)21-13-11(8)12(19)16-14(20)17-13;15-9-4-2-1-3-7(9)5-8-6-10(18)21-13-11(8)12(19)16-14(20)17-13;15-8-4-7(3-6-1-2-19-5-6)9-10(16)13-12(17)14-11(9)18-8/h1-3,5-6H,4H2,(H2,16,17,19,20);1-4,6H,5H2,(H2,16,17,19,20);1-2,4-5H,3H2,(H2,13,14,16,17). The zero-order valence-electron chi connectivity index (χ0n) is 30.8. The molecular formula is C40H26F2N6O12S. The highest BCUT2D eigenvalue weighted by Gasteiger charge is 2.15. The van der Waals surface area contributed by atoms with Crippen molar-refractivity contribution < 1.29 is 22.0 Å². The molecule has 7 heterocycles. The van der Waals surface area contributed by atoms with Crippen LogP contribution in [0.3, 0.4) is 0 Å². The highest BCUT2D eigenvalue weighted by molar-refractivity contribution is 7.07. The van der Waals surface area contributed by atoms with E-state index in [-0.39, 0.29) is 51.7 Å². The number of thiophene rings is 1. The third-order valence-electron chi connectivity index (χ3n) is 8.77. The van der Waals surface area contributed by atoms with Crippen LogP contribution < -0.4 is 50.6 Å². The van der Waals surface area contributed by atoms with Crippen molar-refractivity contribution in [3.8, 4) is 0 Å². The molecule has 0 aliphatic carbocycles. The molecule has 18 nitrogen and oxygen atoms in total. The monoisotopic (exact) mass is 852 g/mol. The first-order chi connectivity index (χ1) is 29.2. The number of H-pyrrole nitrogens is 6. The van der Waals surface area contributed by atoms with Crippen LogP contribution in [0.5, 0.6) is 0 Å². The van der Waals surface area contributed by atoms with Crippen molar-refractivity contribution in [3.05, 3.63) is 222 Å². The fourth-order valence-corrected chi connectivity index (χ4v) is 6.95. The van der Waals surface area contributed by atoms with E-state index in [2.05, 4.69) is 29.9 Å². The zero-order chi connectivity index (χ0) is 43.4. The Kier molecular flexibility index (Phi) is 11.6. The van der Waals surface area contributed by atoms with E-state index in [0.29, 0.717) is 28.7 Å². The smallest absolute Gasteiger partial charge is 0.337 e. The number of aromatic nitrogens is 6. The highest BCUT2D eigenvalue weighted by atomic mass is 32.1. The summed E-state index contributed by atoms with van der Waals surface area (Å²) in [6, 6.07) is 17.3. The fraction of sp³-hybridized carbons (Fsp3) is 0.0750. The Labute approximate surface area is 337 Å². The van der Waals surface area contributed by atoms with Crippen molar-refractivity contribution in [2.24, 2.45) is 0 Å². The van der Waals surface area contributed by atoms with Crippen LogP contribution >= 0.6 is 11.3 Å². The largest absolute Gasteiger partial charge is 0.405 e. The van der Waals surface area contributed by atoms with Gasteiger partial charge in [-0.3, -0.25) is 44.3 Å². The zero-order valence-corrected chi connectivity index (χ0v) is 31.6. The summed E-state index contributed by atoms with van der Waals surface area (Å²) in [4.78, 5) is 117. The van der Waals surface area contributed by atoms with E-state index in [4.69, 9.17) is 13.3 Å². The minimum atomic E-state index is -0.779. The quantitative estimate of drug-likeness (QED) is 0.141. The van der Waals surface area contributed by atoms with Gasteiger partial charge in [-0.15, -0.1) is 0 Å². The van der Waals surface area contributed by atoms with Gasteiger partial charge in [-0.05, 0) is 81.2 Å². The second-order valence-corrected chi connectivity index (χ2v) is 13.8. The predicted molar refractivity (Wildman–Crippen MR) is 217 cm³/mol. The van der Waals surface area contributed by atoms with Crippen LogP contribution in [0, 0.1) is 11.6 Å². The van der Waals surface area contributed by atoms with E-state index in [1.54, 1.807) is 24.3 Å². The maximum absolute atomic E-state index is 13.7. The molecule has 21 heteroatoms. The number of fused-ring (bicyclic) bond motifs is 3. The topological polar surface area (TPSA) is 288 Å². The molecule has 0 radical (unpaired) electrons. The summed E-state index contributed by atoms with van der Waals surface area (Å²) >= 11 is 1.53. The molecule has 7 aromatic heterocycles. The van der Waals surface area contributed by atoms with Gasteiger partial charge in [0.25, 0.3) is 16.7 Å². The molecular weight excluding hydrogens is 827 g/mol. The second kappa shape index (κ2) is 17.3. The Balaban J connectivity index is 0.000000138. The molecule has 6 N–H and O–H groups in total. The van der Waals surface area contributed by atoms with E-state index in [1.165, 1.54) is 41.7 Å². The van der Waals surface area contributed by atoms with Gasteiger partial charge >= 0.3 is 33.9 Å². The van der Waals surface area contributed by atoms with Crippen molar-refractivity contribution in [3.63, 3.8) is 0 Å². The number of aromatic amines is 6. The average Bonchev–Trinajstić information content (AvgIpc) is 3.68. The molecule has 9 rings (SSSR count). The number of rotatable bonds is 6. The van der Waals surface area contributed by atoms with Crippen molar-refractivity contribution in [2.45, 2.75) is 19.3 Å². The number of nitrogens with one attached hydrogen (secondary N) is 6. The lowest BCUT2D eigenvalue weighted by molar-refractivity contribution is 0.544. The van der Waals surface area contributed by atoms with Gasteiger partial charge in [0.05, 0.1) is 0 Å². The van der Waals surface area contributed by atoms with E-state index in [0.717, 1.165) is 17.7 Å². The lowest BCUT2D eigenvalue weighted by Gasteiger charge is -2.05. The first-order valence-corrected chi connectivity index (χ1v) is 18.5. The Morgan fingerprint density at radius 1 is 0.459 bits per heavy atom. The molecule has 2 aromatic carbocycles. The Hall–Kier alpha value is -8.33. The van der Waals surface area contributed by atoms with E-state index >= 15 is 0 Å². The summed E-state index contributed by atoms with van der Waals surface area (Å²) in [5.74, 6) is -0.859. The van der Waals surface area contributed by atoms with Gasteiger partial charge in [0.1, 0.15) is 27.8 Å². The van der Waals surface area contributed by atoms with Crippen LogP contribution in [-0.2, 0) is 19.3 Å². The third-order valence-corrected chi connectivity index (χ3v) is 9.50. The molecule has 0 aliphatic heterocycles. The van der Waals surface area contributed by atoms with E-state index < -0.39 is 62.3 Å². The van der Waals surface area contributed by atoms with Crippen molar-refractivity contribution in [2.75, 3.05) is 0 Å². The van der Waals surface area contributed by atoms with Crippen LogP contribution in [0.1, 0.15) is 33.4 Å². The van der Waals surface area contributed by atoms with Crippen LogP contribution in [-0.4, -0.2) is 29.9 Å². The Morgan fingerprint density at radius 3 is 1.36 bits per heavy atom. The van der Waals surface area contributed by atoms with Crippen LogP contribution in [0.25, 0.3) is 33.3 Å². The minimum Gasteiger partial charge on any atom is -0.405 e. The Morgan fingerprint density at radius 2 is 0.918 bits per heavy atom. The van der Waals surface area contributed by atoms with Crippen LogP contribution in [0.15, 0.2) is 140 Å². The SMILES string of the molecule is O=c1[nH]c(=O)c2c(Cc3cccc(F)c3)cc(=O)oc2[nH]1.O=c1[nH]c(=O)c2c(Cc3ccccc3F)cc(=O)oc2[nH]1.O=c1[nH]c(=O)c2c(Cc3ccsc3)cc(=O)oc2[nH]1. The van der Waals surface area contributed by atoms with Gasteiger partial charge < -0.3 is 13.3 Å². The summed E-state index contributed by atoms with van der Waals surface area (Å²) in [7, 11) is 0. The van der Waals surface area contributed by atoms with Gasteiger partial charge in [0.2, 0.25) is 17.1 Å². The fourth-order valence-electron chi connectivity index (χ4n) is 6.28. The molecule has 0 saturated heterocycles. The van der Waals surface area contributed by atoms with E-state index in [1.807, 2.05) is 16.8 Å². The highest BCUT2D eigenvalue weighted by Crippen LogP contribution is 2.18. The second-order valence-electron chi connectivity index (χ2n) is 13.0. The molecule has 9 aromatic rings. The molecule has 308 valence electrons. The Bertz CT molecular complexity index is 3650. The predicted octanol–water partition coefficient (Wildman–Crippen LogP) is 2.62. The molecule has 0 spiro atoms. The van der Waals surface area contributed by atoms with Crippen molar-refractivity contribution in [1.82, 2.24) is 29.9 Å². The average molecular weight is 853 g/mol. The summed E-state index contributed by atoms with van der Waals surface area (Å²) in [5, 5.41) is 4.14. The van der Waals surface area contributed by atoms with Gasteiger partial charge in [-0.25, -0.2) is 37.5 Å². The third kappa shape index (κ3) is 9.53. The van der Waals surface area contributed by atoms with Crippen molar-refractivity contribution >= 4 is 44.6 Å². The van der Waals surface area contributed by atoms with Gasteiger partial charge in [0, 0.05) is 24.6 Å². The molecule has 0 amide bonds. The lowest BCUT2D eigenvalue weighted by Crippen LogP contribution is -2.24. The minimum absolute atomic E-state index is 0.0254. The lowest BCUT2D eigenvalue weighted by atomic mass is 10.0. The first kappa shape index (κ1) is 40.9. The number of hydrogen-bond donors (Lipinski definition) is 6. The summed E-state index contributed by atoms with van der Waals surface area (Å²) in [6.45, 7) is 0. The first-order valence-electron chi connectivity index (χ1n) is 17.6. The van der Waals surface area contributed by atoms with E-state index in [9.17, 15) is 51.9 Å². The normalized spacial score (nSPS) is 10.9. The molecule has 0 atom stereocenters. The molecule has 0 fully saturated rings. The maximum atomic E-state index is 13.7. The maximum Gasteiger partial charge on any atom is 0.337 e. The van der Waals surface area contributed by atoms with Crippen LogP contribution in [0.2, 0.25) is 0 Å². The van der Waals surface area contributed by atoms with Gasteiger partial charge in [-0.1, -0.05) is 30.3 Å². The number of benzene rings is 2.